The molecule has 1 aromatic rings. The van der Waals surface area contributed by atoms with Crippen molar-refractivity contribution in [2.45, 2.75) is 31.9 Å². The maximum absolute atomic E-state index is 13.7. The highest BCUT2D eigenvalue weighted by atomic mass is 19.1. The van der Waals surface area contributed by atoms with Crippen LogP contribution < -0.4 is 4.90 Å². The zero-order chi connectivity index (χ0) is 11.3. The van der Waals surface area contributed by atoms with Gasteiger partial charge in [-0.1, -0.05) is 19.9 Å². The van der Waals surface area contributed by atoms with E-state index in [1.807, 2.05) is 26.0 Å². The molecule has 1 aromatic heterocycles. The molecular formula is C12H15FN2O. The van der Waals surface area contributed by atoms with Gasteiger partial charge in [0.15, 0.2) is 0 Å². The summed E-state index contributed by atoms with van der Waals surface area (Å²) in [5, 5.41) is 0. The normalized spacial score (nSPS) is 27.4. The van der Waals surface area contributed by atoms with E-state index >= 15 is 0 Å². The fourth-order valence-electron chi connectivity index (χ4n) is 2.26. The fourth-order valence-corrected chi connectivity index (χ4v) is 2.26. The molecular weight excluding hydrogens is 207 g/mol. The van der Waals surface area contributed by atoms with Crippen LogP contribution in [0.3, 0.4) is 0 Å². The molecule has 2 aliphatic rings. The summed E-state index contributed by atoms with van der Waals surface area (Å²) in [7, 11) is 0. The minimum atomic E-state index is -0.337. The van der Waals surface area contributed by atoms with Gasteiger partial charge in [-0.2, -0.15) is 4.39 Å². The first kappa shape index (κ1) is 10.0. The van der Waals surface area contributed by atoms with E-state index in [2.05, 4.69) is 9.88 Å². The van der Waals surface area contributed by atoms with E-state index in [1.54, 1.807) is 0 Å². The number of morpholine rings is 1. The van der Waals surface area contributed by atoms with Crippen LogP contribution in [0.15, 0.2) is 12.1 Å². The third-order valence-corrected chi connectivity index (χ3v) is 3.47. The summed E-state index contributed by atoms with van der Waals surface area (Å²) in [5.41, 5.74) is 0.686. The van der Waals surface area contributed by atoms with Gasteiger partial charge in [0.1, 0.15) is 5.82 Å². The van der Waals surface area contributed by atoms with Gasteiger partial charge in [-0.05, 0) is 12.0 Å². The molecule has 4 heteroatoms. The summed E-state index contributed by atoms with van der Waals surface area (Å²) in [4.78, 5) is 6.15. The molecule has 16 heavy (non-hydrogen) atoms. The lowest BCUT2D eigenvalue weighted by molar-refractivity contribution is -0.113. The highest BCUT2D eigenvalue weighted by Gasteiger charge is 2.47. The Labute approximate surface area is 94.2 Å². The summed E-state index contributed by atoms with van der Waals surface area (Å²) in [6.45, 7) is 5.54. The molecule has 2 saturated heterocycles. The number of anilines is 1. The van der Waals surface area contributed by atoms with E-state index in [4.69, 9.17) is 4.74 Å². The molecule has 2 atom stereocenters. The van der Waals surface area contributed by atoms with Gasteiger partial charge in [-0.3, -0.25) is 0 Å². The van der Waals surface area contributed by atoms with Crippen LogP contribution in [-0.2, 0) is 4.74 Å². The second-order valence-corrected chi connectivity index (χ2v) is 4.80. The van der Waals surface area contributed by atoms with Crippen molar-refractivity contribution in [3.05, 3.63) is 23.6 Å². The SMILES string of the molecule is CC(C)c1ccc(N2C[C@H]3OCC32)nc1F. The third-order valence-electron chi connectivity index (χ3n) is 3.47. The molecule has 2 aliphatic heterocycles. The molecule has 0 N–H and O–H groups in total. The highest BCUT2D eigenvalue weighted by molar-refractivity contribution is 5.47. The molecule has 0 spiro atoms. The molecule has 0 amide bonds. The quantitative estimate of drug-likeness (QED) is 0.715. The van der Waals surface area contributed by atoms with Gasteiger partial charge in [0, 0.05) is 12.1 Å². The van der Waals surface area contributed by atoms with Crippen LogP contribution in [0.5, 0.6) is 0 Å². The van der Waals surface area contributed by atoms with Gasteiger partial charge in [0.2, 0.25) is 5.95 Å². The minimum Gasteiger partial charge on any atom is -0.372 e. The largest absolute Gasteiger partial charge is 0.372 e. The van der Waals surface area contributed by atoms with Crippen molar-refractivity contribution >= 4 is 5.82 Å². The van der Waals surface area contributed by atoms with Crippen molar-refractivity contribution in [1.82, 2.24) is 4.98 Å². The first-order valence-electron chi connectivity index (χ1n) is 5.71. The number of rotatable bonds is 2. The first-order chi connectivity index (χ1) is 7.66. The van der Waals surface area contributed by atoms with Gasteiger partial charge in [-0.15, -0.1) is 0 Å². The van der Waals surface area contributed by atoms with Gasteiger partial charge in [-0.25, -0.2) is 4.98 Å². The topological polar surface area (TPSA) is 25.4 Å². The van der Waals surface area contributed by atoms with Gasteiger partial charge >= 0.3 is 0 Å². The third kappa shape index (κ3) is 1.33. The van der Waals surface area contributed by atoms with Crippen molar-refractivity contribution in [2.24, 2.45) is 0 Å². The van der Waals surface area contributed by atoms with Crippen LogP contribution in [0.1, 0.15) is 25.3 Å². The van der Waals surface area contributed by atoms with Crippen LogP contribution in [-0.4, -0.2) is 30.3 Å². The Balaban J connectivity index is 1.84. The van der Waals surface area contributed by atoms with E-state index in [0.29, 0.717) is 17.7 Å². The maximum atomic E-state index is 13.7. The Bertz CT molecular complexity index is 421. The predicted octanol–water partition coefficient (Wildman–Crippen LogP) is 1.93. The van der Waals surface area contributed by atoms with Gasteiger partial charge in [0.05, 0.1) is 18.8 Å². The van der Waals surface area contributed by atoms with Crippen molar-refractivity contribution in [3.8, 4) is 0 Å². The first-order valence-corrected chi connectivity index (χ1v) is 5.71. The van der Waals surface area contributed by atoms with Crippen LogP contribution in [0, 0.1) is 5.95 Å². The molecule has 0 bridgehead atoms. The van der Waals surface area contributed by atoms with E-state index < -0.39 is 0 Å². The average Bonchev–Trinajstić information content (AvgIpc) is 2.21. The van der Waals surface area contributed by atoms with Crippen molar-refractivity contribution in [2.75, 3.05) is 18.1 Å². The number of nitrogens with zero attached hydrogens (tertiary/aromatic N) is 2. The monoisotopic (exact) mass is 222 g/mol. The van der Waals surface area contributed by atoms with Crippen molar-refractivity contribution in [1.29, 1.82) is 0 Å². The number of fused-ring (bicyclic) bond motifs is 1. The lowest BCUT2D eigenvalue weighted by Gasteiger charge is -2.55. The molecule has 3 nitrogen and oxygen atoms in total. The van der Waals surface area contributed by atoms with Gasteiger partial charge in [0.25, 0.3) is 0 Å². The number of pyridine rings is 1. The van der Waals surface area contributed by atoms with Crippen molar-refractivity contribution < 1.29 is 9.13 Å². The van der Waals surface area contributed by atoms with Gasteiger partial charge < -0.3 is 9.64 Å². The Morgan fingerprint density at radius 1 is 1.50 bits per heavy atom. The zero-order valence-electron chi connectivity index (χ0n) is 9.48. The maximum Gasteiger partial charge on any atom is 0.218 e. The second kappa shape index (κ2) is 3.42. The summed E-state index contributed by atoms with van der Waals surface area (Å²) in [6.07, 6.45) is 0.356. The summed E-state index contributed by atoms with van der Waals surface area (Å²) >= 11 is 0. The van der Waals surface area contributed by atoms with Crippen LogP contribution >= 0.6 is 0 Å². The molecule has 1 unspecified atom stereocenters. The second-order valence-electron chi connectivity index (χ2n) is 4.80. The predicted molar refractivity (Wildman–Crippen MR) is 59.2 cm³/mol. The van der Waals surface area contributed by atoms with Crippen LogP contribution in [0.25, 0.3) is 0 Å². The summed E-state index contributed by atoms with van der Waals surface area (Å²) < 4.78 is 19.0. The average molecular weight is 222 g/mol. The Hall–Kier alpha value is -1.16. The minimum absolute atomic E-state index is 0.178. The highest BCUT2D eigenvalue weighted by Crippen LogP contribution is 2.34. The fraction of sp³-hybridized carbons (Fsp3) is 0.583. The lowest BCUT2D eigenvalue weighted by atomic mass is 9.94. The molecule has 0 aliphatic carbocycles. The molecule has 0 aromatic carbocycles. The number of hydrogen-bond donors (Lipinski definition) is 0. The van der Waals surface area contributed by atoms with E-state index in [9.17, 15) is 4.39 Å². The molecule has 3 rings (SSSR count). The van der Waals surface area contributed by atoms with Crippen molar-refractivity contribution in [3.63, 3.8) is 0 Å². The standard InChI is InChI=1S/C12H15FN2O/c1-7(2)8-3-4-11(14-12(8)13)15-5-10-9(15)6-16-10/h3-4,7,9-10H,5-6H2,1-2H3/t9?,10-/m1/s1. The molecule has 86 valence electrons. The smallest absolute Gasteiger partial charge is 0.218 e. The summed E-state index contributed by atoms with van der Waals surface area (Å²) in [5.74, 6) is 0.584. The molecule has 3 heterocycles. The lowest BCUT2D eigenvalue weighted by Crippen LogP contribution is -2.71. The van der Waals surface area contributed by atoms with E-state index in [1.165, 1.54) is 0 Å². The Kier molecular flexibility index (Phi) is 2.14. The van der Waals surface area contributed by atoms with E-state index in [-0.39, 0.29) is 11.9 Å². The summed E-state index contributed by atoms with van der Waals surface area (Å²) in [6, 6.07) is 4.18. The molecule has 0 radical (unpaired) electrons. The van der Waals surface area contributed by atoms with Crippen LogP contribution in [0.4, 0.5) is 10.2 Å². The number of ether oxygens (including phenoxy) is 1. The number of aromatic nitrogens is 1. The van der Waals surface area contributed by atoms with Crippen LogP contribution in [0.2, 0.25) is 0 Å². The zero-order valence-corrected chi connectivity index (χ0v) is 9.48. The molecule has 2 fully saturated rings. The number of halogens is 1. The number of hydrogen-bond acceptors (Lipinski definition) is 3. The Morgan fingerprint density at radius 2 is 2.31 bits per heavy atom. The Morgan fingerprint density at radius 3 is 2.75 bits per heavy atom. The molecule has 0 saturated carbocycles. The van der Waals surface area contributed by atoms with E-state index in [0.717, 1.165) is 19.0 Å².